The minimum absolute atomic E-state index is 0.104. The lowest BCUT2D eigenvalue weighted by atomic mass is 9.94. The Labute approximate surface area is 160 Å². The molecule has 1 fully saturated rings. The Morgan fingerprint density at radius 3 is 1.42 bits per heavy atom. The highest BCUT2D eigenvalue weighted by molar-refractivity contribution is 9.12. The molecular formula is C20H22Br2O2. The van der Waals surface area contributed by atoms with Crippen molar-refractivity contribution in [1.29, 1.82) is 0 Å². The third kappa shape index (κ3) is 5.16. The fourth-order valence-corrected chi connectivity index (χ4v) is 4.12. The Morgan fingerprint density at radius 1 is 0.667 bits per heavy atom. The summed E-state index contributed by atoms with van der Waals surface area (Å²) in [6.07, 6.45) is 2.10. The van der Waals surface area contributed by atoms with Crippen molar-refractivity contribution in [3.8, 4) is 0 Å². The van der Waals surface area contributed by atoms with Gasteiger partial charge in [-0.15, -0.1) is 0 Å². The van der Waals surface area contributed by atoms with E-state index in [9.17, 15) is 0 Å². The van der Waals surface area contributed by atoms with Crippen LogP contribution < -0.4 is 0 Å². The van der Waals surface area contributed by atoms with Crippen LogP contribution >= 0.6 is 31.9 Å². The van der Waals surface area contributed by atoms with E-state index in [-0.39, 0.29) is 12.2 Å². The van der Waals surface area contributed by atoms with Crippen LogP contribution in [0.5, 0.6) is 0 Å². The van der Waals surface area contributed by atoms with Crippen molar-refractivity contribution in [2.24, 2.45) is 0 Å². The maximum absolute atomic E-state index is 6.21. The van der Waals surface area contributed by atoms with Crippen LogP contribution in [0.1, 0.15) is 24.0 Å². The van der Waals surface area contributed by atoms with Crippen molar-refractivity contribution >= 4 is 31.9 Å². The van der Waals surface area contributed by atoms with Gasteiger partial charge in [-0.25, -0.2) is 0 Å². The number of hydrogen-bond acceptors (Lipinski definition) is 2. The standard InChI is InChI=1S/C20H22Br2O2/c21-17-11-19(23-13-15-7-3-1-4-8-15)20(12-18(17)22)24-14-16-9-5-2-6-10-16/h1-10,17-20H,11-14H2/t17-,18-,19-,20-/m1/s1. The van der Waals surface area contributed by atoms with Gasteiger partial charge < -0.3 is 9.47 Å². The van der Waals surface area contributed by atoms with Gasteiger partial charge in [-0.2, -0.15) is 0 Å². The van der Waals surface area contributed by atoms with Gasteiger partial charge in [0, 0.05) is 9.65 Å². The van der Waals surface area contributed by atoms with Crippen molar-refractivity contribution in [2.45, 2.75) is 47.9 Å². The van der Waals surface area contributed by atoms with Gasteiger partial charge in [0.05, 0.1) is 25.4 Å². The second kappa shape index (κ2) is 9.14. The number of rotatable bonds is 6. The second-order valence-electron chi connectivity index (χ2n) is 6.17. The minimum atomic E-state index is 0.104. The minimum Gasteiger partial charge on any atom is -0.371 e. The lowest BCUT2D eigenvalue weighted by molar-refractivity contribution is -0.100. The van der Waals surface area contributed by atoms with Gasteiger partial charge in [0.2, 0.25) is 0 Å². The maximum atomic E-state index is 6.21. The summed E-state index contributed by atoms with van der Waals surface area (Å²) >= 11 is 7.52. The first-order chi connectivity index (χ1) is 11.7. The quantitative estimate of drug-likeness (QED) is 0.539. The Morgan fingerprint density at radius 2 is 1.04 bits per heavy atom. The molecule has 0 heterocycles. The van der Waals surface area contributed by atoms with Crippen molar-refractivity contribution in [3.05, 3.63) is 71.8 Å². The molecule has 0 spiro atoms. The lowest BCUT2D eigenvalue weighted by Gasteiger charge is -2.37. The third-order valence-electron chi connectivity index (χ3n) is 4.34. The molecule has 2 aromatic carbocycles. The maximum Gasteiger partial charge on any atom is 0.0852 e. The van der Waals surface area contributed by atoms with E-state index < -0.39 is 0 Å². The molecule has 2 aromatic rings. The fraction of sp³-hybridized carbons (Fsp3) is 0.400. The molecule has 4 atom stereocenters. The number of benzene rings is 2. The summed E-state index contributed by atoms with van der Waals surface area (Å²) in [5.41, 5.74) is 2.40. The normalized spacial score (nSPS) is 27.1. The highest BCUT2D eigenvalue weighted by Crippen LogP contribution is 2.34. The van der Waals surface area contributed by atoms with E-state index in [1.54, 1.807) is 0 Å². The molecule has 0 N–H and O–H groups in total. The Kier molecular flexibility index (Phi) is 6.90. The van der Waals surface area contributed by atoms with Crippen LogP contribution in [0.25, 0.3) is 0 Å². The molecule has 3 rings (SSSR count). The van der Waals surface area contributed by atoms with E-state index in [0.717, 1.165) is 12.8 Å². The average Bonchev–Trinajstić information content (AvgIpc) is 2.63. The molecule has 0 saturated heterocycles. The van der Waals surface area contributed by atoms with Gasteiger partial charge >= 0.3 is 0 Å². The number of ether oxygens (including phenoxy) is 2. The summed E-state index contributed by atoms with van der Waals surface area (Å²) in [5.74, 6) is 0. The SMILES string of the molecule is Br[C@@H]1C[C@@H](OCc2ccccc2)[C@H](OCc2ccccc2)C[C@H]1Br. The van der Waals surface area contributed by atoms with E-state index in [1.165, 1.54) is 11.1 Å². The van der Waals surface area contributed by atoms with Crippen LogP contribution in [0.15, 0.2) is 60.7 Å². The predicted octanol–water partition coefficient (Wildman–Crippen LogP) is 5.48. The zero-order valence-electron chi connectivity index (χ0n) is 13.5. The predicted molar refractivity (Wildman–Crippen MR) is 105 cm³/mol. The highest BCUT2D eigenvalue weighted by atomic mass is 79.9. The van der Waals surface area contributed by atoms with E-state index in [1.807, 2.05) is 36.4 Å². The van der Waals surface area contributed by atoms with E-state index >= 15 is 0 Å². The monoisotopic (exact) mass is 452 g/mol. The van der Waals surface area contributed by atoms with Crippen LogP contribution in [0, 0.1) is 0 Å². The first kappa shape index (κ1) is 18.1. The summed E-state index contributed by atoms with van der Waals surface area (Å²) in [6, 6.07) is 20.6. The highest BCUT2D eigenvalue weighted by Gasteiger charge is 2.36. The van der Waals surface area contributed by atoms with Crippen LogP contribution in [-0.2, 0) is 22.7 Å². The smallest absolute Gasteiger partial charge is 0.0852 e. The van der Waals surface area contributed by atoms with Gasteiger partial charge in [0.25, 0.3) is 0 Å². The molecule has 0 radical (unpaired) electrons. The molecule has 0 aliphatic heterocycles. The Balaban J connectivity index is 1.59. The summed E-state index contributed by atoms with van der Waals surface area (Å²) in [4.78, 5) is 0.824. The fourth-order valence-electron chi connectivity index (χ4n) is 2.95. The van der Waals surface area contributed by atoms with Crippen LogP contribution in [0.4, 0.5) is 0 Å². The second-order valence-corrected chi connectivity index (χ2v) is 8.53. The van der Waals surface area contributed by atoms with E-state index in [2.05, 4.69) is 56.1 Å². The Bertz CT molecular complexity index is 550. The summed E-state index contributed by atoms with van der Waals surface area (Å²) in [7, 11) is 0. The van der Waals surface area contributed by atoms with Crippen molar-refractivity contribution in [3.63, 3.8) is 0 Å². The van der Waals surface area contributed by atoms with Crippen molar-refractivity contribution in [1.82, 2.24) is 0 Å². The van der Waals surface area contributed by atoms with Gasteiger partial charge in [0.15, 0.2) is 0 Å². The molecular weight excluding hydrogens is 432 g/mol. The van der Waals surface area contributed by atoms with Crippen LogP contribution in [0.2, 0.25) is 0 Å². The summed E-state index contributed by atoms with van der Waals surface area (Å²) in [5, 5.41) is 0. The summed E-state index contributed by atoms with van der Waals surface area (Å²) in [6.45, 7) is 1.26. The van der Waals surface area contributed by atoms with Gasteiger partial charge in [0.1, 0.15) is 0 Å². The van der Waals surface area contributed by atoms with E-state index in [0.29, 0.717) is 22.9 Å². The molecule has 1 aliphatic rings. The molecule has 0 amide bonds. The molecule has 1 aliphatic carbocycles. The zero-order chi connectivity index (χ0) is 16.8. The van der Waals surface area contributed by atoms with Gasteiger partial charge in [-0.05, 0) is 24.0 Å². The third-order valence-corrected chi connectivity index (χ3v) is 7.07. The molecule has 0 bridgehead atoms. The molecule has 0 aromatic heterocycles. The van der Waals surface area contributed by atoms with Gasteiger partial charge in [-0.1, -0.05) is 92.5 Å². The average molecular weight is 454 g/mol. The van der Waals surface area contributed by atoms with E-state index in [4.69, 9.17) is 9.47 Å². The Hall–Kier alpha value is -0.680. The summed E-state index contributed by atoms with van der Waals surface area (Å²) < 4.78 is 12.4. The number of alkyl halides is 2. The first-order valence-electron chi connectivity index (χ1n) is 8.31. The number of halogens is 2. The zero-order valence-corrected chi connectivity index (χ0v) is 16.7. The van der Waals surface area contributed by atoms with Crippen molar-refractivity contribution in [2.75, 3.05) is 0 Å². The number of hydrogen-bond donors (Lipinski definition) is 0. The molecule has 2 nitrogen and oxygen atoms in total. The topological polar surface area (TPSA) is 18.5 Å². The molecule has 0 unspecified atom stereocenters. The largest absolute Gasteiger partial charge is 0.371 e. The first-order valence-corrected chi connectivity index (χ1v) is 10.1. The lowest BCUT2D eigenvalue weighted by Crippen LogP contribution is -2.43. The molecule has 1 saturated carbocycles. The van der Waals surface area contributed by atoms with Gasteiger partial charge in [-0.3, -0.25) is 0 Å². The van der Waals surface area contributed by atoms with Crippen LogP contribution in [-0.4, -0.2) is 21.9 Å². The molecule has 24 heavy (non-hydrogen) atoms. The molecule has 128 valence electrons. The molecule has 4 heteroatoms. The van der Waals surface area contributed by atoms with Crippen molar-refractivity contribution < 1.29 is 9.47 Å². The van der Waals surface area contributed by atoms with Crippen LogP contribution in [0.3, 0.4) is 0 Å².